The molecule has 4 aromatic rings. The second-order valence-corrected chi connectivity index (χ2v) is 15.0. The maximum atomic E-state index is 13.4. The lowest BCUT2D eigenvalue weighted by atomic mass is 9.80. The number of amides is 1. The van der Waals surface area contributed by atoms with Crippen LogP contribution in [-0.2, 0) is 28.9 Å². The van der Waals surface area contributed by atoms with Crippen LogP contribution in [0.25, 0.3) is 0 Å². The lowest BCUT2D eigenvalue weighted by Gasteiger charge is -2.39. The summed E-state index contributed by atoms with van der Waals surface area (Å²) in [5.74, 6) is 1.20. The highest BCUT2D eigenvalue weighted by molar-refractivity contribution is 7.44. The van der Waals surface area contributed by atoms with Crippen molar-refractivity contribution < 1.29 is 32.8 Å². The predicted molar refractivity (Wildman–Crippen MR) is 210 cm³/mol. The largest absolute Gasteiger partial charge is 0.497 e. The van der Waals surface area contributed by atoms with Crippen LogP contribution in [0.15, 0.2) is 95.9 Å². The summed E-state index contributed by atoms with van der Waals surface area (Å²) in [7, 11) is 1.57. The molecule has 1 aliphatic rings. The van der Waals surface area contributed by atoms with E-state index in [0.29, 0.717) is 11.5 Å². The van der Waals surface area contributed by atoms with Crippen molar-refractivity contribution in [3.8, 4) is 17.6 Å². The van der Waals surface area contributed by atoms with E-state index >= 15 is 0 Å². The number of nitriles is 1. The number of hydrogen-bond donors (Lipinski definition) is 1. The van der Waals surface area contributed by atoms with Gasteiger partial charge in [0.25, 0.3) is 8.53 Å². The number of aromatic nitrogens is 2. The maximum Gasteiger partial charge on any atom is 0.351 e. The Morgan fingerprint density at radius 2 is 1.55 bits per heavy atom. The van der Waals surface area contributed by atoms with Crippen molar-refractivity contribution in [2.45, 2.75) is 83.6 Å². The van der Waals surface area contributed by atoms with Crippen LogP contribution in [0.2, 0.25) is 0 Å². The van der Waals surface area contributed by atoms with Gasteiger partial charge >= 0.3 is 5.69 Å². The molecule has 1 amide bonds. The van der Waals surface area contributed by atoms with Gasteiger partial charge in [-0.1, -0.05) is 54.6 Å². The molecule has 1 aliphatic heterocycles. The van der Waals surface area contributed by atoms with E-state index < -0.39 is 38.3 Å². The van der Waals surface area contributed by atoms with E-state index in [1.165, 1.54) is 11.5 Å². The number of rotatable bonds is 18. The van der Waals surface area contributed by atoms with E-state index in [1.807, 2.05) is 78.9 Å². The van der Waals surface area contributed by atoms with Crippen molar-refractivity contribution in [3.63, 3.8) is 0 Å². The van der Waals surface area contributed by atoms with Gasteiger partial charge < -0.3 is 33.3 Å². The minimum Gasteiger partial charge on any atom is -0.497 e. The van der Waals surface area contributed by atoms with Gasteiger partial charge in [-0.2, -0.15) is 10.2 Å². The second-order valence-electron chi connectivity index (χ2n) is 13.6. The molecule has 1 unspecified atom stereocenters. The number of benzene rings is 3. The Morgan fingerprint density at radius 1 is 0.964 bits per heavy atom. The molecule has 55 heavy (non-hydrogen) atoms. The number of nitrogens with zero attached hydrogens (tertiary/aromatic N) is 4. The van der Waals surface area contributed by atoms with Crippen LogP contribution in [0.4, 0.5) is 5.82 Å². The Balaban J connectivity index is 1.59. The minimum absolute atomic E-state index is 0.0327. The Morgan fingerprint density at radius 3 is 2.05 bits per heavy atom. The summed E-state index contributed by atoms with van der Waals surface area (Å²) < 4.78 is 41.7. The summed E-state index contributed by atoms with van der Waals surface area (Å²) in [6, 6.07) is 29.3. The zero-order valence-electron chi connectivity index (χ0n) is 32.4. The molecule has 0 bridgehead atoms. The molecule has 0 radical (unpaired) electrons. The Kier molecular flexibility index (Phi) is 14.5. The standard InChI is InChI=1S/C41H50N5O8P/c1-28(2)46(29(3)4)55(52-25-11-23-42)54-36-26-39(45-24-22-38(43-30(5)47)44-40(45)48)53-37(36)27-51-41(31-12-9-8-10-13-31,32-14-18-34(49-6)19-15-32)33-16-20-35(50-7)21-17-33/h8-10,12-22,24,28-29,36-37,39H,11,25-27H2,1-7H3,(H,43,44,47,48)/t36-,37-,39-,55?/m1/s1. The average Bonchev–Trinajstić information content (AvgIpc) is 3.57. The molecule has 13 nitrogen and oxygen atoms in total. The highest BCUT2D eigenvalue weighted by Crippen LogP contribution is 2.50. The topological polar surface area (TPSA) is 146 Å². The number of carbonyl (C=O) groups excluding carboxylic acids is 1. The molecule has 1 fully saturated rings. The summed E-state index contributed by atoms with van der Waals surface area (Å²) in [4.78, 5) is 29.1. The molecule has 2 heterocycles. The SMILES string of the molecule is COc1ccc(C(OC[C@H]2O[C@@H](n3ccc(NC(C)=O)nc3=O)C[C@H]2OP(OCCC#N)N(C(C)C)C(C)C)(c2ccccc2)c2ccc(OC)cc2)cc1. The molecule has 1 aromatic heterocycles. The zero-order valence-corrected chi connectivity index (χ0v) is 33.3. The summed E-state index contributed by atoms with van der Waals surface area (Å²) in [5, 5.41) is 11.9. The van der Waals surface area contributed by atoms with Crippen molar-refractivity contribution in [1.29, 1.82) is 5.26 Å². The molecular formula is C41H50N5O8P. The molecule has 0 saturated carbocycles. The van der Waals surface area contributed by atoms with Gasteiger partial charge in [-0.05, 0) is 74.7 Å². The van der Waals surface area contributed by atoms with Gasteiger partial charge in [0, 0.05) is 31.6 Å². The highest BCUT2D eigenvalue weighted by Gasteiger charge is 2.45. The highest BCUT2D eigenvalue weighted by atomic mass is 31.2. The molecule has 14 heteroatoms. The van der Waals surface area contributed by atoms with Gasteiger partial charge in [0.05, 0.1) is 46.0 Å². The Bertz CT molecular complexity index is 1880. The van der Waals surface area contributed by atoms with Gasteiger partial charge in [-0.3, -0.25) is 9.36 Å². The van der Waals surface area contributed by atoms with Crippen LogP contribution in [-0.4, -0.2) is 71.9 Å². The third-order valence-electron chi connectivity index (χ3n) is 9.15. The van der Waals surface area contributed by atoms with Crippen LogP contribution in [0.5, 0.6) is 11.5 Å². The number of nitrogens with one attached hydrogen (secondary N) is 1. The first-order chi connectivity index (χ1) is 26.5. The molecule has 292 valence electrons. The fourth-order valence-electron chi connectivity index (χ4n) is 6.71. The van der Waals surface area contributed by atoms with Crippen LogP contribution < -0.4 is 20.5 Å². The lowest BCUT2D eigenvalue weighted by molar-refractivity contribution is -0.114. The Hall–Kier alpha value is -4.67. The van der Waals surface area contributed by atoms with Crippen molar-refractivity contribution >= 4 is 20.3 Å². The van der Waals surface area contributed by atoms with Gasteiger partial charge in [-0.25, -0.2) is 9.46 Å². The number of ether oxygens (including phenoxy) is 4. The zero-order chi connectivity index (χ0) is 39.5. The fraction of sp³-hybridized carbons (Fsp3) is 0.415. The van der Waals surface area contributed by atoms with E-state index in [-0.39, 0.29) is 49.9 Å². The van der Waals surface area contributed by atoms with E-state index in [0.717, 1.165) is 16.7 Å². The van der Waals surface area contributed by atoms with Crippen molar-refractivity contribution in [2.24, 2.45) is 0 Å². The van der Waals surface area contributed by atoms with Crippen LogP contribution in [0.3, 0.4) is 0 Å². The summed E-state index contributed by atoms with van der Waals surface area (Å²) in [6.45, 7) is 9.85. The summed E-state index contributed by atoms with van der Waals surface area (Å²) >= 11 is 0. The van der Waals surface area contributed by atoms with Crippen LogP contribution in [0.1, 0.15) is 70.4 Å². The van der Waals surface area contributed by atoms with Gasteiger partial charge in [-0.15, -0.1) is 0 Å². The molecule has 1 N–H and O–H groups in total. The van der Waals surface area contributed by atoms with Gasteiger partial charge in [0.2, 0.25) is 5.91 Å². The van der Waals surface area contributed by atoms with E-state index in [9.17, 15) is 14.9 Å². The first-order valence-electron chi connectivity index (χ1n) is 18.3. The average molecular weight is 772 g/mol. The molecule has 3 aromatic carbocycles. The van der Waals surface area contributed by atoms with E-state index in [1.54, 1.807) is 26.5 Å². The summed E-state index contributed by atoms with van der Waals surface area (Å²) in [5.41, 5.74) is 0.835. The third kappa shape index (κ3) is 9.96. The number of hydrogen-bond acceptors (Lipinski definition) is 11. The smallest absolute Gasteiger partial charge is 0.351 e. The molecule has 5 rings (SSSR count). The summed E-state index contributed by atoms with van der Waals surface area (Å²) in [6.07, 6.45) is -0.0653. The maximum absolute atomic E-state index is 13.4. The van der Waals surface area contributed by atoms with Crippen LogP contribution in [0, 0.1) is 11.3 Å². The van der Waals surface area contributed by atoms with E-state index in [4.69, 9.17) is 28.0 Å². The first-order valence-corrected chi connectivity index (χ1v) is 19.4. The first kappa shape index (κ1) is 41.5. The molecular weight excluding hydrogens is 721 g/mol. The normalized spacial score (nSPS) is 17.7. The van der Waals surface area contributed by atoms with E-state index in [2.05, 4.69) is 48.7 Å². The molecule has 0 spiro atoms. The fourth-order valence-corrected chi connectivity index (χ4v) is 8.46. The third-order valence-corrected chi connectivity index (χ3v) is 11.3. The molecule has 0 aliphatic carbocycles. The quantitative estimate of drug-likeness (QED) is 0.0624. The number of carbonyl (C=O) groups is 1. The van der Waals surface area contributed by atoms with Crippen molar-refractivity contribution in [1.82, 2.24) is 14.2 Å². The minimum atomic E-state index is -1.68. The number of anilines is 1. The molecule has 1 saturated heterocycles. The van der Waals surface area contributed by atoms with Crippen molar-refractivity contribution in [2.75, 3.05) is 32.8 Å². The second kappa shape index (κ2) is 19.3. The number of methoxy groups -OCH3 is 2. The predicted octanol–water partition coefficient (Wildman–Crippen LogP) is 7.18. The van der Waals surface area contributed by atoms with Crippen LogP contribution >= 0.6 is 8.53 Å². The Labute approximate surface area is 324 Å². The lowest BCUT2D eigenvalue weighted by Crippen LogP contribution is -2.39. The van der Waals surface area contributed by atoms with Gasteiger partial charge in [0.15, 0.2) is 0 Å². The van der Waals surface area contributed by atoms with Crippen molar-refractivity contribution in [3.05, 3.63) is 118 Å². The monoisotopic (exact) mass is 771 g/mol. The van der Waals surface area contributed by atoms with Gasteiger partial charge in [0.1, 0.15) is 35.2 Å². The molecule has 4 atom stereocenters.